The molecule has 1 radical (unpaired) electrons. The molecule has 0 bridgehead atoms. The molecule has 0 N–H and O–H groups in total. The van der Waals surface area contributed by atoms with E-state index in [1.54, 1.807) is 34.3 Å². The zero-order valence-electron chi connectivity index (χ0n) is 16.5. The summed E-state index contributed by atoms with van der Waals surface area (Å²) in [5, 5.41) is 29.9. The van der Waals surface area contributed by atoms with E-state index in [2.05, 4.69) is 10.5 Å². The molecule has 1 heterocycles. The Kier molecular flexibility index (Phi) is 5.19. The van der Waals surface area contributed by atoms with Gasteiger partial charge < -0.3 is 0 Å². The van der Waals surface area contributed by atoms with Crippen molar-refractivity contribution in [1.29, 1.82) is 0 Å². The average Bonchev–Trinajstić information content (AvgIpc) is 2.79. The van der Waals surface area contributed by atoms with E-state index in [0.29, 0.717) is 17.2 Å². The molecular formula is C21H17N6O4. The van der Waals surface area contributed by atoms with Gasteiger partial charge in [-0.05, 0) is 31.2 Å². The van der Waals surface area contributed by atoms with Crippen molar-refractivity contribution in [2.75, 3.05) is 16.7 Å². The molecule has 0 saturated carbocycles. The van der Waals surface area contributed by atoms with Gasteiger partial charge in [-0.2, -0.15) is 0 Å². The maximum absolute atomic E-state index is 11.0. The van der Waals surface area contributed by atoms with Gasteiger partial charge in [-0.25, -0.2) is 10.0 Å². The SMILES string of the molecule is Cc1ccc(C2=NN(c3ccc([N+](=O)[O-])cc3)CN(c3ccc([N+](=O)[O-])cc3)[N]2)cc1. The second kappa shape index (κ2) is 8.11. The first-order chi connectivity index (χ1) is 14.9. The summed E-state index contributed by atoms with van der Waals surface area (Å²) in [7, 11) is 0. The van der Waals surface area contributed by atoms with Crippen LogP contribution in [0, 0.1) is 27.2 Å². The average molecular weight is 417 g/mol. The van der Waals surface area contributed by atoms with Crippen molar-refractivity contribution in [1.82, 2.24) is 5.43 Å². The number of amidine groups is 1. The van der Waals surface area contributed by atoms with Crippen LogP contribution < -0.4 is 15.4 Å². The normalized spacial score (nSPS) is 13.4. The smallest absolute Gasteiger partial charge is 0.258 e. The third kappa shape index (κ3) is 4.27. The number of anilines is 2. The van der Waals surface area contributed by atoms with Crippen molar-refractivity contribution in [3.05, 3.63) is 104 Å². The van der Waals surface area contributed by atoms with Crippen molar-refractivity contribution < 1.29 is 9.85 Å². The summed E-state index contributed by atoms with van der Waals surface area (Å²) >= 11 is 0. The fourth-order valence-corrected chi connectivity index (χ4v) is 3.03. The van der Waals surface area contributed by atoms with E-state index < -0.39 is 9.85 Å². The first-order valence-corrected chi connectivity index (χ1v) is 9.32. The number of hydrogen-bond acceptors (Lipinski definition) is 7. The summed E-state index contributed by atoms with van der Waals surface area (Å²) < 4.78 is 0. The lowest BCUT2D eigenvalue weighted by molar-refractivity contribution is -0.385. The van der Waals surface area contributed by atoms with Gasteiger partial charge in [-0.1, -0.05) is 29.8 Å². The monoisotopic (exact) mass is 417 g/mol. The standard InChI is InChI=1S/C21H17N6O4/c1-15-2-4-16(5-3-15)21-22-24(17-6-10-19(11-7-17)26(28)29)14-25(23-21)18-8-12-20(13-9-18)27(30)31/h2-13H,14H2,1H3. The van der Waals surface area contributed by atoms with Crippen LogP contribution in [-0.4, -0.2) is 22.4 Å². The zero-order chi connectivity index (χ0) is 22.0. The van der Waals surface area contributed by atoms with E-state index >= 15 is 0 Å². The predicted octanol–water partition coefficient (Wildman–Crippen LogP) is 3.98. The van der Waals surface area contributed by atoms with Gasteiger partial charge in [0.25, 0.3) is 11.4 Å². The lowest BCUT2D eigenvalue weighted by Gasteiger charge is -2.34. The van der Waals surface area contributed by atoms with E-state index in [0.717, 1.165) is 11.1 Å². The molecule has 0 atom stereocenters. The quantitative estimate of drug-likeness (QED) is 0.457. The number of benzene rings is 3. The molecule has 4 rings (SSSR count). The zero-order valence-corrected chi connectivity index (χ0v) is 16.5. The van der Waals surface area contributed by atoms with E-state index in [-0.39, 0.29) is 18.0 Å². The molecule has 1 aliphatic rings. The lowest BCUT2D eigenvalue weighted by Crippen LogP contribution is -2.48. The Morgan fingerprint density at radius 1 is 0.742 bits per heavy atom. The second-order valence-corrected chi connectivity index (χ2v) is 6.88. The third-order valence-corrected chi connectivity index (χ3v) is 4.73. The van der Waals surface area contributed by atoms with Gasteiger partial charge in [0.2, 0.25) is 0 Å². The summed E-state index contributed by atoms with van der Waals surface area (Å²) in [6.45, 7) is 2.21. The second-order valence-electron chi connectivity index (χ2n) is 6.88. The molecular weight excluding hydrogens is 400 g/mol. The number of aryl methyl sites for hydroxylation is 1. The van der Waals surface area contributed by atoms with Gasteiger partial charge in [0.15, 0.2) is 5.84 Å². The Bertz CT molecular complexity index is 1140. The van der Waals surface area contributed by atoms with Gasteiger partial charge in [-0.15, -0.1) is 10.5 Å². The molecule has 1 aliphatic heterocycles. The maximum Gasteiger partial charge on any atom is 0.269 e. The summed E-state index contributed by atoms with van der Waals surface area (Å²) in [6, 6.07) is 19.9. The highest BCUT2D eigenvalue weighted by Gasteiger charge is 2.24. The van der Waals surface area contributed by atoms with E-state index in [4.69, 9.17) is 0 Å². The van der Waals surface area contributed by atoms with Crippen LogP contribution in [0.15, 0.2) is 77.9 Å². The highest BCUT2D eigenvalue weighted by molar-refractivity contribution is 6.00. The van der Waals surface area contributed by atoms with Gasteiger partial charge in [0, 0.05) is 29.8 Å². The van der Waals surface area contributed by atoms with Crippen LogP contribution in [-0.2, 0) is 0 Å². The lowest BCUT2D eigenvalue weighted by atomic mass is 10.1. The fourth-order valence-electron chi connectivity index (χ4n) is 3.03. The molecule has 10 nitrogen and oxygen atoms in total. The predicted molar refractivity (Wildman–Crippen MR) is 116 cm³/mol. The summed E-state index contributed by atoms with van der Waals surface area (Å²) in [5.41, 5.74) is 7.78. The van der Waals surface area contributed by atoms with Crippen molar-refractivity contribution in [3.63, 3.8) is 0 Å². The van der Waals surface area contributed by atoms with Crippen molar-refractivity contribution in [2.24, 2.45) is 5.10 Å². The van der Waals surface area contributed by atoms with Crippen LogP contribution in [0.4, 0.5) is 22.7 Å². The van der Waals surface area contributed by atoms with Crippen LogP contribution in [0.5, 0.6) is 0 Å². The Hall–Kier alpha value is -4.47. The number of rotatable bonds is 5. The molecule has 0 amide bonds. The van der Waals surface area contributed by atoms with Crippen molar-refractivity contribution in [3.8, 4) is 0 Å². The molecule has 0 unspecified atom stereocenters. The summed E-state index contributed by atoms with van der Waals surface area (Å²) in [6.07, 6.45) is 0. The molecule has 31 heavy (non-hydrogen) atoms. The highest BCUT2D eigenvalue weighted by Crippen LogP contribution is 2.26. The number of nitrogens with zero attached hydrogens (tertiary/aromatic N) is 6. The minimum atomic E-state index is -0.459. The van der Waals surface area contributed by atoms with E-state index in [1.165, 1.54) is 24.3 Å². The van der Waals surface area contributed by atoms with Crippen molar-refractivity contribution in [2.45, 2.75) is 6.92 Å². The Morgan fingerprint density at radius 2 is 1.23 bits per heavy atom. The highest BCUT2D eigenvalue weighted by atomic mass is 16.6. The van der Waals surface area contributed by atoms with Crippen LogP contribution in [0.3, 0.4) is 0 Å². The van der Waals surface area contributed by atoms with Gasteiger partial charge in [-0.3, -0.25) is 20.2 Å². The van der Waals surface area contributed by atoms with Crippen LogP contribution in [0.25, 0.3) is 0 Å². The number of hydrazone groups is 1. The van der Waals surface area contributed by atoms with Gasteiger partial charge in [0.05, 0.1) is 21.2 Å². The van der Waals surface area contributed by atoms with Crippen LogP contribution in [0.1, 0.15) is 11.1 Å². The van der Waals surface area contributed by atoms with Crippen LogP contribution >= 0.6 is 0 Å². The number of hydrogen-bond donors (Lipinski definition) is 0. The third-order valence-electron chi connectivity index (χ3n) is 4.73. The topological polar surface area (TPSA) is 119 Å². The van der Waals surface area contributed by atoms with Crippen LogP contribution in [0.2, 0.25) is 0 Å². The Morgan fingerprint density at radius 3 is 1.71 bits per heavy atom. The molecule has 3 aromatic carbocycles. The van der Waals surface area contributed by atoms with E-state index in [9.17, 15) is 20.2 Å². The summed E-state index contributed by atoms with van der Waals surface area (Å²) in [5.74, 6) is 0.447. The largest absolute Gasteiger partial charge is 0.269 e. The molecule has 10 heteroatoms. The number of non-ortho nitro benzene ring substituents is 2. The molecule has 155 valence electrons. The minimum Gasteiger partial charge on any atom is -0.258 e. The first kappa shape index (κ1) is 19.8. The molecule has 0 saturated heterocycles. The molecule has 3 aromatic rings. The summed E-state index contributed by atoms with van der Waals surface area (Å²) in [4.78, 5) is 21.0. The van der Waals surface area contributed by atoms with E-state index in [1.807, 2.05) is 31.2 Å². The Labute approximate surface area is 177 Å². The minimum absolute atomic E-state index is 0.0135. The Balaban J connectivity index is 1.70. The van der Waals surface area contributed by atoms with Gasteiger partial charge in [0.1, 0.15) is 6.67 Å². The number of nitro benzene ring substituents is 2. The maximum atomic E-state index is 11.0. The number of nitro groups is 2. The molecule has 0 aliphatic carbocycles. The van der Waals surface area contributed by atoms with Crippen molar-refractivity contribution >= 4 is 28.6 Å². The molecule has 0 fully saturated rings. The first-order valence-electron chi connectivity index (χ1n) is 9.32. The molecule has 0 aromatic heterocycles. The fraction of sp³-hybridized carbons (Fsp3) is 0.0952. The van der Waals surface area contributed by atoms with Gasteiger partial charge >= 0.3 is 0 Å². The molecule has 0 spiro atoms.